The lowest BCUT2D eigenvalue weighted by Crippen LogP contribution is -2.46. The number of ketones is 1. The van der Waals surface area contributed by atoms with E-state index >= 15 is 0 Å². The summed E-state index contributed by atoms with van der Waals surface area (Å²) in [4.78, 5) is 31.3. The monoisotopic (exact) mass is 532 g/mol. The fraction of sp³-hybridized carbons (Fsp3) is 0.536. The van der Waals surface area contributed by atoms with Gasteiger partial charge in [-0.3, -0.25) is 14.6 Å². The van der Waals surface area contributed by atoms with E-state index in [1.807, 2.05) is 0 Å². The second kappa shape index (κ2) is 11.0. The molecule has 1 aliphatic carbocycles. The Bertz CT molecular complexity index is 1180. The van der Waals surface area contributed by atoms with Crippen LogP contribution in [0.1, 0.15) is 59.3 Å². The van der Waals surface area contributed by atoms with Gasteiger partial charge in [-0.2, -0.15) is 0 Å². The molecule has 3 heterocycles. The van der Waals surface area contributed by atoms with Crippen LogP contribution in [0, 0.1) is 11.8 Å². The van der Waals surface area contributed by atoms with E-state index in [2.05, 4.69) is 25.7 Å². The second-order valence-electron chi connectivity index (χ2n) is 10.4. The number of aliphatic hydroxyl groups is 2. The summed E-state index contributed by atoms with van der Waals surface area (Å²) in [6, 6.07) is -0.286. The highest BCUT2D eigenvalue weighted by Crippen LogP contribution is 2.40. The minimum absolute atomic E-state index is 0.0287. The van der Waals surface area contributed by atoms with Crippen molar-refractivity contribution in [2.75, 3.05) is 6.54 Å². The number of nitrogens with zero attached hydrogens (tertiary/aromatic N) is 1. The van der Waals surface area contributed by atoms with E-state index in [-0.39, 0.29) is 77.0 Å². The van der Waals surface area contributed by atoms with Gasteiger partial charge in [0.25, 0.3) is 5.91 Å². The Morgan fingerprint density at radius 1 is 1.35 bits per heavy atom. The first kappa shape index (κ1) is 27.3. The van der Waals surface area contributed by atoms with Gasteiger partial charge in [0.1, 0.15) is 11.4 Å². The smallest absolute Gasteiger partial charge is 0.257 e. The molecule has 1 amide bonds. The zero-order valence-electron chi connectivity index (χ0n) is 21.4. The van der Waals surface area contributed by atoms with Crippen molar-refractivity contribution in [2.45, 2.75) is 77.5 Å². The molecule has 4 rings (SSSR count). The molecule has 2 bridgehead atoms. The summed E-state index contributed by atoms with van der Waals surface area (Å²) in [5, 5.41) is 24.4. The maximum Gasteiger partial charge on any atom is 0.257 e. The van der Waals surface area contributed by atoms with Gasteiger partial charge >= 0.3 is 0 Å². The van der Waals surface area contributed by atoms with Gasteiger partial charge in [-0.15, -0.1) is 0 Å². The van der Waals surface area contributed by atoms with E-state index in [1.165, 1.54) is 13.0 Å². The molecular weight excluding hydrogens is 499 g/mol. The molecule has 0 aromatic carbocycles. The topological polar surface area (TPSA) is 108 Å². The van der Waals surface area contributed by atoms with Crippen LogP contribution in [0.4, 0.5) is 4.39 Å². The number of carbonyl (C=O) groups excluding carboxylic acids is 2. The molecule has 1 saturated heterocycles. The van der Waals surface area contributed by atoms with Crippen molar-refractivity contribution in [3.05, 3.63) is 57.3 Å². The molecule has 0 spiro atoms. The van der Waals surface area contributed by atoms with Gasteiger partial charge < -0.3 is 20.3 Å². The zero-order chi connectivity index (χ0) is 27.0. The highest BCUT2D eigenvalue weighted by Gasteiger charge is 2.44. The van der Waals surface area contributed by atoms with Crippen molar-refractivity contribution in [1.29, 1.82) is 0 Å². The summed E-state index contributed by atoms with van der Waals surface area (Å²) in [6.07, 6.45) is 4.18. The van der Waals surface area contributed by atoms with Gasteiger partial charge in [-0.25, -0.2) is 4.39 Å². The number of allylic oxidation sites excluding steroid dienone is 5. The van der Waals surface area contributed by atoms with Crippen molar-refractivity contribution < 1.29 is 28.9 Å². The van der Waals surface area contributed by atoms with E-state index in [1.54, 1.807) is 0 Å². The molecule has 0 aromatic heterocycles. The molecule has 0 radical (unpaired) electrons. The molecule has 7 nitrogen and oxygen atoms in total. The largest absolute Gasteiger partial charge is 0.504 e. The number of carbonyl (C=O) groups is 2. The first-order valence-electron chi connectivity index (χ1n) is 12.8. The summed E-state index contributed by atoms with van der Waals surface area (Å²) >= 11 is 5.92. The third-order valence-corrected chi connectivity index (χ3v) is 8.17. The highest BCUT2D eigenvalue weighted by atomic mass is 35.5. The minimum Gasteiger partial charge on any atom is -0.504 e. The molecule has 3 aliphatic heterocycles. The Morgan fingerprint density at radius 2 is 2.08 bits per heavy atom. The molecule has 200 valence electrons. The summed E-state index contributed by atoms with van der Waals surface area (Å²) in [7, 11) is 0. The number of aliphatic hydroxyl groups excluding tert-OH is 2. The second-order valence-corrected chi connectivity index (χ2v) is 10.8. The number of nitrogens with one attached hydrogen (secondary N) is 1. The minimum atomic E-state index is -0.736. The Kier molecular flexibility index (Phi) is 8.09. The molecule has 0 saturated carbocycles. The summed E-state index contributed by atoms with van der Waals surface area (Å²) in [5.74, 6) is -2.94. The van der Waals surface area contributed by atoms with Crippen molar-refractivity contribution in [1.82, 2.24) is 5.32 Å². The van der Waals surface area contributed by atoms with Crippen LogP contribution in [0.3, 0.4) is 0 Å². The maximum absolute atomic E-state index is 14.5. The zero-order valence-corrected chi connectivity index (χ0v) is 22.2. The predicted octanol–water partition coefficient (Wildman–Crippen LogP) is 5.45. The van der Waals surface area contributed by atoms with Gasteiger partial charge in [0, 0.05) is 18.5 Å². The van der Waals surface area contributed by atoms with Crippen molar-refractivity contribution in [2.24, 2.45) is 16.8 Å². The van der Waals surface area contributed by atoms with Gasteiger partial charge in [0.15, 0.2) is 17.3 Å². The third kappa shape index (κ3) is 5.46. The fourth-order valence-electron chi connectivity index (χ4n) is 5.69. The van der Waals surface area contributed by atoms with Crippen LogP contribution in [0.25, 0.3) is 0 Å². The van der Waals surface area contributed by atoms with Gasteiger partial charge in [-0.05, 0) is 68.1 Å². The van der Waals surface area contributed by atoms with Crippen LogP contribution in [-0.4, -0.2) is 52.4 Å². The lowest BCUT2D eigenvalue weighted by atomic mass is 9.75. The van der Waals surface area contributed by atoms with E-state index in [0.717, 1.165) is 12.8 Å². The Hall–Kier alpha value is -2.71. The highest BCUT2D eigenvalue weighted by molar-refractivity contribution is 6.32. The van der Waals surface area contributed by atoms with Gasteiger partial charge in [0.2, 0.25) is 0 Å². The van der Waals surface area contributed by atoms with E-state index < -0.39 is 23.3 Å². The predicted molar refractivity (Wildman–Crippen MR) is 140 cm³/mol. The molecule has 3 N–H and O–H groups in total. The van der Waals surface area contributed by atoms with E-state index in [0.29, 0.717) is 24.1 Å². The number of Topliss-reactive ketones (excluding diaryl/α,β-unsaturated/α-hetero) is 1. The molecule has 37 heavy (non-hydrogen) atoms. The van der Waals surface area contributed by atoms with Crippen LogP contribution in [0.5, 0.6) is 0 Å². The van der Waals surface area contributed by atoms with Crippen LogP contribution in [0.2, 0.25) is 0 Å². The Labute approximate surface area is 221 Å². The number of ether oxygens (including phenoxy) is 1. The fourth-order valence-corrected chi connectivity index (χ4v) is 5.98. The average molecular weight is 533 g/mol. The van der Waals surface area contributed by atoms with Crippen molar-refractivity contribution in [3.63, 3.8) is 0 Å². The SMILES string of the molecule is C=C1C=C(Cl)C(F)=C(CNC(=O)C2=C(O)/C(O)=C(\C)C(=O)CC3C(C)CC(CC)OC3C3CCC2=N3)C1. The molecule has 9 heteroatoms. The van der Waals surface area contributed by atoms with Crippen LogP contribution < -0.4 is 5.32 Å². The molecule has 0 aromatic rings. The quantitative estimate of drug-likeness (QED) is 0.446. The first-order valence-corrected chi connectivity index (χ1v) is 13.2. The van der Waals surface area contributed by atoms with Gasteiger partial charge in [-0.1, -0.05) is 32.0 Å². The average Bonchev–Trinajstić information content (AvgIpc) is 3.33. The van der Waals surface area contributed by atoms with Crippen LogP contribution >= 0.6 is 11.6 Å². The molecular formula is C28H34ClFN2O5. The standard InChI is InChI=1S/C28H34ClFN2O5/c1-5-17-10-14(3)18-11-22(33)15(4)25(34)26(35)23(20-6-7-21(32-20)27(18)37-17)28(36)31-12-16-8-13(2)9-19(29)24(16)30/h9,14,17-18,21,27,34-35H,2,5-8,10-12H2,1,3-4H3,(H,31,36)/b25-15-,26-23?. The lowest BCUT2D eigenvalue weighted by Gasteiger charge is -2.42. The Balaban J connectivity index is 1.71. The van der Waals surface area contributed by atoms with E-state index in [4.69, 9.17) is 21.3 Å². The van der Waals surface area contributed by atoms with Gasteiger partial charge in [0.05, 0.1) is 29.0 Å². The summed E-state index contributed by atoms with van der Waals surface area (Å²) in [6.45, 7) is 9.24. The number of aliphatic imine (C=N–C) groups is 1. The summed E-state index contributed by atoms with van der Waals surface area (Å²) in [5.41, 5.74) is 0.922. The van der Waals surface area contributed by atoms with Crippen molar-refractivity contribution in [3.8, 4) is 0 Å². The molecule has 4 aliphatic rings. The molecule has 5 atom stereocenters. The molecule has 5 unspecified atom stereocenters. The number of rotatable bonds is 4. The number of halogens is 2. The van der Waals surface area contributed by atoms with Crippen molar-refractivity contribution >= 4 is 29.0 Å². The van der Waals surface area contributed by atoms with Crippen LogP contribution in [0.15, 0.2) is 62.3 Å². The third-order valence-electron chi connectivity index (χ3n) is 7.90. The number of hydrogen-bond donors (Lipinski definition) is 3. The van der Waals surface area contributed by atoms with Crippen LogP contribution in [-0.2, 0) is 14.3 Å². The maximum atomic E-state index is 14.5. The van der Waals surface area contributed by atoms with E-state index in [9.17, 15) is 24.2 Å². The molecule has 1 fully saturated rings. The normalized spacial score (nSPS) is 33.1. The lowest BCUT2D eigenvalue weighted by molar-refractivity contribution is -0.133. The first-order chi connectivity index (χ1) is 17.5. The number of fused-ring (bicyclic) bond motifs is 3. The summed E-state index contributed by atoms with van der Waals surface area (Å²) < 4.78 is 20.9. The number of amides is 1. The number of hydrogen-bond acceptors (Lipinski definition) is 6. The Morgan fingerprint density at radius 3 is 2.78 bits per heavy atom.